The van der Waals surface area contributed by atoms with Crippen molar-refractivity contribution in [2.45, 2.75) is 25.8 Å². The molecule has 1 saturated heterocycles. The van der Waals surface area contributed by atoms with Gasteiger partial charge in [0.1, 0.15) is 0 Å². The molecule has 1 aliphatic heterocycles. The van der Waals surface area contributed by atoms with Gasteiger partial charge in [-0.2, -0.15) is 0 Å². The Morgan fingerprint density at radius 1 is 1.62 bits per heavy atom. The molecular weight excluding hydrogens is 168 g/mol. The van der Waals surface area contributed by atoms with Crippen molar-refractivity contribution in [2.24, 2.45) is 11.7 Å². The lowest BCUT2D eigenvalue weighted by molar-refractivity contribution is -0.121. The molecular formula is C9H18N2O2. The quantitative estimate of drug-likeness (QED) is 0.643. The molecule has 0 saturated carbocycles. The molecule has 0 aromatic heterocycles. The van der Waals surface area contributed by atoms with Crippen LogP contribution in [0.15, 0.2) is 0 Å². The van der Waals surface area contributed by atoms with Gasteiger partial charge in [0, 0.05) is 31.7 Å². The topological polar surface area (TPSA) is 64.3 Å². The number of carbonyl (C=O) groups is 1. The minimum atomic E-state index is -0.237. The summed E-state index contributed by atoms with van der Waals surface area (Å²) in [6, 6.07) is 0.496. The number of carbonyl (C=O) groups excluding carboxylic acids is 1. The second-order valence-electron chi connectivity index (χ2n) is 3.60. The van der Waals surface area contributed by atoms with Crippen LogP contribution >= 0.6 is 0 Å². The number of hydrogen-bond donors (Lipinski definition) is 2. The fraction of sp³-hybridized carbons (Fsp3) is 0.889. The first-order chi connectivity index (χ1) is 6.20. The molecule has 1 rings (SSSR count). The maximum absolute atomic E-state index is 10.7. The van der Waals surface area contributed by atoms with E-state index in [1.165, 1.54) is 0 Å². The molecule has 4 nitrogen and oxygen atoms in total. The van der Waals surface area contributed by atoms with E-state index in [0.717, 1.165) is 26.1 Å². The highest BCUT2D eigenvalue weighted by atomic mass is 16.5. The fourth-order valence-corrected chi connectivity index (χ4v) is 1.35. The molecule has 13 heavy (non-hydrogen) atoms. The van der Waals surface area contributed by atoms with Gasteiger partial charge < -0.3 is 15.8 Å². The predicted molar refractivity (Wildman–Crippen MR) is 50.2 cm³/mol. The minimum Gasteiger partial charge on any atom is -0.381 e. The van der Waals surface area contributed by atoms with Gasteiger partial charge in [-0.3, -0.25) is 4.79 Å². The van der Waals surface area contributed by atoms with Gasteiger partial charge in [-0.15, -0.1) is 0 Å². The van der Waals surface area contributed by atoms with Crippen molar-refractivity contribution >= 4 is 5.91 Å². The van der Waals surface area contributed by atoms with Gasteiger partial charge in [0.2, 0.25) is 5.91 Å². The average molecular weight is 186 g/mol. The Kier molecular flexibility index (Phi) is 4.18. The lowest BCUT2D eigenvalue weighted by Crippen LogP contribution is -2.40. The monoisotopic (exact) mass is 186 g/mol. The summed E-state index contributed by atoms with van der Waals surface area (Å²) in [7, 11) is 0. The van der Waals surface area contributed by atoms with Crippen molar-refractivity contribution in [3.63, 3.8) is 0 Å². The number of nitrogens with two attached hydrogens (primary N) is 1. The van der Waals surface area contributed by atoms with Crippen molar-refractivity contribution in [1.29, 1.82) is 0 Å². The Balaban J connectivity index is 2.13. The van der Waals surface area contributed by atoms with E-state index >= 15 is 0 Å². The van der Waals surface area contributed by atoms with Gasteiger partial charge in [0.25, 0.3) is 0 Å². The first kappa shape index (κ1) is 10.5. The number of nitrogens with one attached hydrogen (secondary N) is 1. The van der Waals surface area contributed by atoms with Crippen LogP contribution in [0.4, 0.5) is 0 Å². The van der Waals surface area contributed by atoms with Crippen molar-refractivity contribution in [1.82, 2.24) is 5.32 Å². The maximum Gasteiger partial charge on any atom is 0.221 e. The van der Waals surface area contributed by atoms with Crippen LogP contribution in [0.1, 0.15) is 19.8 Å². The van der Waals surface area contributed by atoms with Gasteiger partial charge in [0.15, 0.2) is 0 Å². The van der Waals surface area contributed by atoms with E-state index in [9.17, 15) is 4.79 Å². The van der Waals surface area contributed by atoms with Crippen molar-refractivity contribution in [3.8, 4) is 0 Å². The summed E-state index contributed by atoms with van der Waals surface area (Å²) in [6.07, 6.45) is 2.07. The second-order valence-corrected chi connectivity index (χ2v) is 3.60. The van der Waals surface area contributed by atoms with Gasteiger partial charge in [0.05, 0.1) is 0 Å². The zero-order chi connectivity index (χ0) is 9.68. The Hall–Kier alpha value is -0.610. The molecule has 1 unspecified atom stereocenters. The third-order valence-electron chi connectivity index (χ3n) is 2.42. The van der Waals surface area contributed by atoms with E-state index in [1.807, 2.05) is 6.92 Å². The Morgan fingerprint density at radius 3 is 2.77 bits per heavy atom. The number of rotatable bonds is 4. The standard InChI is InChI=1S/C9H18N2O2/c1-7(9(10)12)6-11-8-2-4-13-5-3-8/h7-8,11H,2-6H2,1H3,(H2,10,12). The van der Waals surface area contributed by atoms with E-state index in [0.29, 0.717) is 12.6 Å². The van der Waals surface area contributed by atoms with E-state index in [2.05, 4.69) is 5.32 Å². The molecule has 0 aromatic rings. The lowest BCUT2D eigenvalue weighted by Gasteiger charge is -2.24. The maximum atomic E-state index is 10.7. The van der Waals surface area contributed by atoms with E-state index in [4.69, 9.17) is 10.5 Å². The third kappa shape index (κ3) is 3.74. The first-order valence-electron chi connectivity index (χ1n) is 4.80. The average Bonchev–Trinajstić information content (AvgIpc) is 2.15. The van der Waals surface area contributed by atoms with Crippen molar-refractivity contribution in [3.05, 3.63) is 0 Å². The zero-order valence-electron chi connectivity index (χ0n) is 8.08. The molecule has 0 aromatic carbocycles. The Labute approximate surface area is 78.8 Å². The van der Waals surface area contributed by atoms with E-state index in [-0.39, 0.29) is 11.8 Å². The van der Waals surface area contributed by atoms with Crippen LogP contribution in [0.3, 0.4) is 0 Å². The smallest absolute Gasteiger partial charge is 0.221 e. The summed E-state index contributed by atoms with van der Waals surface area (Å²) < 4.78 is 5.22. The summed E-state index contributed by atoms with van der Waals surface area (Å²) in [5.74, 6) is -0.317. The van der Waals surface area contributed by atoms with Crippen LogP contribution < -0.4 is 11.1 Å². The predicted octanol–water partition coefficient (Wildman–Crippen LogP) is -0.124. The summed E-state index contributed by atoms with van der Waals surface area (Å²) in [5.41, 5.74) is 5.15. The summed E-state index contributed by atoms with van der Waals surface area (Å²) in [4.78, 5) is 10.7. The lowest BCUT2D eigenvalue weighted by atomic mass is 10.1. The normalized spacial score (nSPS) is 21.3. The van der Waals surface area contributed by atoms with E-state index < -0.39 is 0 Å². The van der Waals surface area contributed by atoms with Gasteiger partial charge in [-0.05, 0) is 12.8 Å². The summed E-state index contributed by atoms with van der Waals surface area (Å²) >= 11 is 0. The van der Waals surface area contributed by atoms with Crippen LogP contribution in [-0.4, -0.2) is 31.7 Å². The first-order valence-corrected chi connectivity index (χ1v) is 4.80. The van der Waals surface area contributed by atoms with Crippen molar-refractivity contribution < 1.29 is 9.53 Å². The second kappa shape index (κ2) is 5.19. The summed E-state index contributed by atoms with van der Waals surface area (Å²) in [6.45, 7) is 4.17. The SMILES string of the molecule is CC(CNC1CCOCC1)C(N)=O. The summed E-state index contributed by atoms with van der Waals surface area (Å²) in [5, 5.41) is 3.32. The number of primary amides is 1. The van der Waals surface area contributed by atoms with Crippen LogP contribution in [0.25, 0.3) is 0 Å². The van der Waals surface area contributed by atoms with Gasteiger partial charge in [-0.1, -0.05) is 6.92 Å². The third-order valence-corrected chi connectivity index (χ3v) is 2.42. The molecule has 1 fully saturated rings. The molecule has 3 N–H and O–H groups in total. The molecule has 0 spiro atoms. The highest BCUT2D eigenvalue weighted by Gasteiger charge is 2.15. The van der Waals surface area contributed by atoms with Crippen LogP contribution in [0.2, 0.25) is 0 Å². The number of hydrogen-bond acceptors (Lipinski definition) is 3. The fourth-order valence-electron chi connectivity index (χ4n) is 1.35. The Morgan fingerprint density at radius 2 is 2.23 bits per heavy atom. The molecule has 1 heterocycles. The van der Waals surface area contributed by atoms with Crippen LogP contribution in [0.5, 0.6) is 0 Å². The largest absolute Gasteiger partial charge is 0.381 e. The zero-order valence-corrected chi connectivity index (χ0v) is 8.08. The molecule has 76 valence electrons. The molecule has 4 heteroatoms. The van der Waals surface area contributed by atoms with Crippen molar-refractivity contribution in [2.75, 3.05) is 19.8 Å². The number of amides is 1. The molecule has 1 amide bonds. The van der Waals surface area contributed by atoms with Crippen LogP contribution in [-0.2, 0) is 9.53 Å². The van der Waals surface area contributed by atoms with Gasteiger partial charge in [-0.25, -0.2) is 0 Å². The molecule has 0 radical (unpaired) electrons. The highest BCUT2D eigenvalue weighted by molar-refractivity contribution is 5.76. The molecule has 0 aliphatic carbocycles. The molecule has 1 aliphatic rings. The molecule has 0 bridgehead atoms. The minimum absolute atomic E-state index is 0.0807. The Bertz CT molecular complexity index is 167. The molecule has 1 atom stereocenters. The highest BCUT2D eigenvalue weighted by Crippen LogP contribution is 2.06. The number of ether oxygens (including phenoxy) is 1. The van der Waals surface area contributed by atoms with E-state index in [1.54, 1.807) is 0 Å². The van der Waals surface area contributed by atoms with Crippen LogP contribution in [0, 0.1) is 5.92 Å². The van der Waals surface area contributed by atoms with Gasteiger partial charge >= 0.3 is 0 Å².